The SMILES string of the molecule is C[C@@H](OC(=O)c1cccc(CS(C)(=O)=O)c1)c1ccc(F)cc1F. The highest BCUT2D eigenvalue weighted by Crippen LogP contribution is 2.22. The molecule has 24 heavy (non-hydrogen) atoms. The molecule has 0 N–H and O–H groups in total. The van der Waals surface area contributed by atoms with Crippen molar-refractivity contribution in [3.05, 3.63) is 70.8 Å². The van der Waals surface area contributed by atoms with Gasteiger partial charge in [0.05, 0.1) is 11.3 Å². The number of hydrogen-bond donors (Lipinski definition) is 0. The molecule has 0 aliphatic carbocycles. The van der Waals surface area contributed by atoms with Gasteiger partial charge in [-0.25, -0.2) is 22.0 Å². The molecule has 0 bridgehead atoms. The molecule has 0 amide bonds. The van der Waals surface area contributed by atoms with Crippen LogP contribution >= 0.6 is 0 Å². The Labute approximate surface area is 139 Å². The zero-order valence-electron chi connectivity index (χ0n) is 13.1. The fraction of sp³-hybridized carbons (Fsp3) is 0.235. The number of carbonyl (C=O) groups excluding carboxylic acids is 1. The van der Waals surface area contributed by atoms with Crippen LogP contribution < -0.4 is 0 Å². The Morgan fingerprint density at radius 1 is 1.17 bits per heavy atom. The highest BCUT2D eigenvalue weighted by atomic mass is 32.2. The molecule has 0 fully saturated rings. The van der Waals surface area contributed by atoms with Gasteiger partial charge in [-0.15, -0.1) is 0 Å². The molecule has 0 aliphatic heterocycles. The number of benzene rings is 2. The molecule has 128 valence electrons. The Morgan fingerprint density at radius 3 is 2.50 bits per heavy atom. The molecule has 0 radical (unpaired) electrons. The normalized spacial score (nSPS) is 12.7. The molecule has 4 nitrogen and oxygen atoms in total. The predicted molar refractivity (Wildman–Crippen MR) is 85.2 cm³/mol. The first-order chi connectivity index (χ1) is 11.2. The van der Waals surface area contributed by atoms with Gasteiger partial charge in [0.25, 0.3) is 0 Å². The predicted octanol–water partition coefficient (Wildman–Crippen LogP) is 3.43. The number of sulfone groups is 1. The molecular weight excluding hydrogens is 338 g/mol. The number of carbonyl (C=O) groups is 1. The van der Waals surface area contributed by atoms with Crippen LogP contribution in [0.2, 0.25) is 0 Å². The van der Waals surface area contributed by atoms with Gasteiger partial charge in [0, 0.05) is 17.9 Å². The van der Waals surface area contributed by atoms with Crippen LogP contribution in [0, 0.1) is 11.6 Å². The van der Waals surface area contributed by atoms with Crippen molar-refractivity contribution < 1.29 is 26.7 Å². The average Bonchev–Trinajstić information content (AvgIpc) is 2.45. The highest BCUT2D eigenvalue weighted by Gasteiger charge is 2.18. The lowest BCUT2D eigenvalue weighted by atomic mass is 10.1. The molecule has 0 saturated carbocycles. The van der Waals surface area contributed by atoms with E-state index in [4.69, 9.17) is 4.74 Å². The number of esters is 1. The van der Waals surface area contributed by atoms with Crippen LogP contribution in [0.4, 0.5) is 8.78 Å². The average molecular weight is 354 g/mol. The van der Waals surface area contributed by atoms with E-state index in [-0.39, 0.29) is 16.9 Å². The number of rotatable bonds is 5. The minimum absolute atomic E-state index is 0.0528. The van der Waals surface area contributed by atoms with Gasteiger partial charge in [-0.3, -0.25) is 0 Å². The number of hydrogen-bond acceptors (Lipinski definition) is 4. The molecule has 0 heterocycles. The number of halogens is 2. The van der Waals surface area contributed by atoms with E-state index in [0.717, 1.165) is 12.3 Å². The smallest absolute Gasteiger partial charge is 0.338 e. The second-order valence-electron chi connectivity index (χ2n) is 5.48. The first kappa shape index (κ1) is 18.1. The van der Waals surface area contributed by atoms with E-state index in [1.165, 1.54) is 25.1 Å². The summed E-state index contributed by atoms with van der Waals surface area (Å²) in [4.78, 5) is 12.2. The van der Waals surface area contributed by atoms with E-state index >= 15 is 0 Å². The van der Waals surface area contributed by atoms with Gasteiger partial charge in [-0.05, 0) is 36.8 Å². The standard InChI is InChI=1S/C17H16F2O4S/c1-11(15-7-6-14(18)9-16(15)19)23-17(20)13-5-3-4-12(8-13)10-24(2,21)22/h3-9,11H,10H2,1-2H3/t11-/m1/s1. The summed E-state index contributed by atoms with van der Waals surface area (Å²) in [6.07, 6.45) is 0.175. The third kappa shape index (κ3) is 4.86. The molecular formula is C17H16F2O4S. The Hall–Kier alpha value is -2.28. The van der Waals surface area contributed by atoms with Gasteiger partial charge in [0.2, 0.25) is 0 Å². The maximum absolute atomic E-state index is 13.7. The Balaban J connectivity index is 2.16. The van der Waals surface area contributed by atoms with Crippen molar-refractivity contribution >= 4 is 15.8 Å². The quantitative estimate of drug-likeness (QED) is 0.772. The third-order valence-electron chi connectivity index (χ3n) is 3.28. The van der Waals surface area contributed by atoms with E-state index in [9.17, 15) is 22.0 Å². The van der Waals surface area contributed by atoms with Gasteiger partial charge >= 0.3 is 5.97 Å². The van der Waals surface area contributed by atoms with Crippen molar-refractivity contribution in [2.75, 3.05) is 6.26 Å². The van der Waals surface area contributed by atoms with E-state index in [1.54, 1.807) is 12.1 Å². The molecule has 0 aromatic heterocycles. The molecule has 0 aliphatic rings. The van der Waals surface area contributed by atoms with Crippen molar-refractivity contribution in [3.8, 4) is 0 Å². The lowest BCUT2D eigenvalue weighted by Crippen LogP contribution is -2.11. The summed E-state index contributed by atoms with van der Waals surface area (Å²) < 4.78 is 54.4. The summed E-state index contributed by atoms with van der Waals surface area (Å²) in [6, 6.07) is 9.02. The Bertz CT molecular complexity index is 863. The molecule has 0 saturated heterocycles. The van der Waals surface area contributed by atoms with E-state index < -0.39 is 33.5 Å². The Morgan fingerprint density at radius 2 is 1.88 bits per heavy atom. The highest BCUT2D eigenvalue weighted by molar-refractivity contribution is 7.89. The largest absolute Gasteiger partial charge is 0.454 e. The second-order valence-corrected chi connectivity index (χ2v) is 7.62. The summed E-state index contributed by atoms with van der Waals surface area (Å²) in [6.45, 7) is 1.47. The van der Waals surface area contributed by atoms with Gasteiger partial charge < -0.3 is 4.74 Å². The van der Waals surface area contributed by atoms with Gasteiger partial charge in [-0.1, -0.05) is 12.1 Å². The summed E-state index contributed by atoms with van der Waals surface area (Å²) in [7, 11) is -3.23. The van der Waals surface area contributed by atoms with Gasteiger partial charge in [0.1, 0.15) is 17.7 Å². The first-order valence-corrected chi connectivity index (χ1v) is 9.14. The number of ether oxygens (including phenoxy) is 1. The van der Waals surface area contributed by atoms with Crippen LogP contribution in [0.25, 0.3) is 0 Å². The molecule has 2 aromatic rings. The van der Waals surface area contributed by atoms with Crippen LogP contribution in [0.5, 0.6) is 0 Å². The summed E-state index contributed by atoms with van der Waals surface area (Å²) in [5.41, 5.74) is 0.662. The topological polar surface area (TPSA) is 60.4 Å². The van der Waals surface area contributed by atoms with Gasteiger partial charge in [-0.2, -0.15) is 0 Å². The summed E-state index contributed by atoms with van der Waals surface area (Å²) in [5.74, 6) is -2.44. The van der Waals surface area contributed by atoms with Crippen molar-refractivity contribution in [2.45, 2.75) is 18.8 Å². The van der Waals surface area contributed by atoms with Crippen LogP contribution in [0.3, 0.4) is 0 Å². The molecule has 0 spiro atoms. The first-order valence-electron chi connectivity index (χ1n) is 7.08. The molecule has 2 aromatic carbocycles. The van der Waals surface area contributed by atoms with Crippen LogP contribution in [-0.2, 0) is 20.3 Å². The summed E-state index contributed by atoms with van der Waals surface area (Å²) in [5, 5.41) is 0. The van der Waals surface area contributed by atoms with Crippen molar-refractivity contribution in [1.82, 2.24) is 0 Å². The van der Waals surface area contributed by atoms with E-state index in [1.807, 2.05) is 0 Å². The summed E-state index contributed by atoms with van der Waals surface area (Å²) >= 11 is 0. The monoisotopic (exact) mass is 354 g/mol. The van der Waals surface area contributed by atoms with Crippen molar-refractivity contribution in [2.24, 2.45) is 0 Å². The fourth-order valence-electron chi connectivity index (χ4n) is 2.21. The van der Waals surface area contributed by atoms with Crippen LogP contribution in [-0.4, -0.2) is 20.6 Å². The lowest BCUT2D eigenvalue weighted by Gasteiger charge is -2.15. The fourth-order valence-corrected chi connectivity index (χ4v) is 3.00. The maximum atomic E-state index is 13.7. The molecule has 1 atom stereocenters. The molecule has 0 unspecified atom stereocenters. The van der Waals surface area contributed by atoms with E-state index in [2.05, 4.69) is 0 Å². The van der Waals surface area contributed by atoms with E-state index in [0.29, 0.717) is 11.6 Å². The van der Waals surface area contributed by atoms with Crippen LogP contribution in [0.15, 0.2) is 42.5 Å². The van der Waals surface area contributed by atoms with Crippen molar-refractivity contribution in [1.29, 1.82) is 0 Å². The van der Waals surface area contributed by atoms with Gasteiger partial charge in [0.15, 0.2) is 9.84 Å². The minimum atomic E-state index is -3.23. The van der Waals surface area contributed by atoms with Crippen LogP contribution in [0.1, 0.15) is 34.5 Å². The van der Waals surface area contributed by atoms with Crippen molar-refractivity contribution in [3.63, 3.8) is 0 Å². The minimum Gasteiger partial charge on any atom is -0.454 e. The second kappa shape index (κ2) is 7.09. The molecule has 7 heteroatoms. The zero-order valence-corrected chi connectivity index (χ0v) is 13.9. The maximum Gasteiger partial charge on any atom is 0.338 e. The third-order valence-corrected chi connectivity index (χ3v) is 4.13. The molecule has 2 rings (SSSR count). The lowest BCUT2D eigenvalue weighted by molar-refractivity contribution is 0.0331. The zero-order chi connectivity index (χ0) is 17.9. The Kier molecular flexibility index (Phi) is 5.33.